The lowest BCUT2D eigenvalue weighted by Crippen LogP contribution is -2.46. The van der Waals surface area contributed by atoms with E-state index in [0.29, 0.717) is 6.54 Å². The number of carbonyl (C=O) groups is 1. The van der Waals surface area contributed by atoms with Crippen molar-refractivity contribution >= 4 is 5.91 Å². The minimum atomic E-state index is -0.582. The number of phenols is 1. The summed E-state index contributed by atoms with van der Waals surface area (Å²) >= 11 is 0. The van der Waals surface area contributed by atoms with Gasteiger partial charge in [-0.05, 0) is 23.8 Å². The number of hydrogen-bond acceptors (Lipinski definition) is 3. The number of carbonyl (C=O) groups excluding carboxylic acids is 1. The highest BCUT2D eigenvalue weighted by Crippen LogP contribution is 2.44. The smallest absolute Gasteiger partial charge is 0.256 e. The van der Waals surface area contributed by atoms with Crippen molar-refractivity contribution in [3.63, 3.8) is 0 Å². The number of amides is 1. The van der Waals surface area contributed by atoms with E-state index in [-0.39, 0.29) is 11.7 Å². The van der Waals surface area contributed by atoms with Crippen molar-refractivity contribution in [1.82, 2.24) is 10.2 Å². The number of nitrogens with one attached hydrogen (secondary N) is 1. The van der Waals surface area contributed by atoms with Crippen LogP contribution in [0.15, 0.2) is 48.5 Å². The van der Waals surface area contributed by atoms with Crippen LogP contribution < -0.4 is 5.32 Å². The molecule has 2 aromatic carbocycles. The number of aromatic hydroxyl groups is 1. The van der Waals surface area contributed by atoms with Crippen LogP contribution in [-0.2, 0) is 5.66 Å². The van der Waals surface area contributed by atoms with E-state index in [9.17, 15) is 9.90 Å². The van der Waals surface area contributed by atoms with Crippen LogP contribution in [-0.4, -0.2) is 29.0 Å². The molecule has 0 aliphatic carbocycles. The van der Waals surface area contributed by atoms with Gasteiger partial charge in [-0.2, -0.15) is 0 Å². The monoisotopic (exact) mass is 266 g/mol. The van der Waals surface area contributed by atoms with Crippen LogP contribution in [0.5, 0.6) is 5.75 Å². The van der Waals surface area contributed by atoms with E-state index in [4.69, 9.17) is 0 Å². The standard InChI is InChI=1S/C16H14N2O2/c19-12-7-5-11(6-8-12)16-14-4-2-1-3-13(14)15(20)18(16)10-9-17-16/h1-8,17,19H,9-10H2. The summed E-state index contributed by atoms with van der Waals surface area (Å²) in [4.78, 5) is 14.4. The Hall–Kier alpha value is -2.33. The highest BCUT2D eigenvalue weighted by molar-refractivity contribution is 6.01. The second-order valence-corrected chi connectivity index (χ2v) is 5.19. The van der Waals surface area contributed by atoms with Gasteiger partial charge < -0.3 is 10.0 Å². The molecule has 0 spiro atoms. The molecule has 1 amide bonds. The summed E-state index contributed by atoms with van der Waals surface area (Å²) in [5, 5.41) is 13.0. The molecule has 4 nitrogen and oxygen atoms in total. The van der Waals surface area contributed by atoms with Crippen LogP contribution in [0.4, 0.5) is 0 Å². The zero-order valence-corrected chi connectivity index (χ0v) is 10.8. The van der Waals surface area contributed by atoms with Gasteiger partial charge in [-0.1, -0.05) is 30.3 Å². The van der Waals surface area contributed by atoms with E-state index in [2.05, 4.69) is 5.32 Å². The minimum absolute atomic E-state index is 0.0682. The highest BCUT2D eigenvalue weighted by Gasteiger charge is 2.53. The van der Waals surface area contributed by atoms with Crippen molar-refractivity contribution in [2.45, 2.75) is 5.66 Å². The predicted molar refractivity (Wildman–Crippen MR) is 74.4 cm³/mol. The molecule has 20 heavy (non-hydrogen) atoms. The summed E-state index contributed by atoms with van der Waals surface area (Å²) in [6.45, 7) is 1.45. The van der Waals surface area contributed by atoms with Crippen molar-refractivity contribution in [2.75, 3.05) is 13.1 Å². The first-order chi connectivity index (χ1) is 9.73. The number of fused-ring (bicyclic) bond motifs is 3. The van der Waals surface area contributed by atoms with Crippen LogP contribution in [0.2, 0.25) is 0 Å². The minimum Gasteiger partial charge on any atom is -0.508 e. The van der Waals surface area contributed by atoms with Crippen LogP contribution in [0.1, 0.15) is 21.5 Å². The largest absolute Gasteiger partial charge is 0.508 e. The van der Waals surface area contributed by atoms with E-state index in [1.165, 1.54) is 0 Å². The average molecular weight is 266 g/mol. The Balaban J connectivity index is 1.99. The summed E-state index contributed by atoms with van der Waals surface area (Å²) in [5.41, 5.74) is 2.15. The lowest BCUT2D eigenvalue weighted by molar-refractivity contribution is 0.0694. The third-order valence-electron chi connectivity index (χ3n) is 4.20. The van der Waals surface area contributed by atoms with Crippen LogP contribution in [0.25, 0.3) is 0 Å². The number of hydrogen-bond donors (Lipinski definition) is 2. The van der Waals surface area contributed by atoms with Crippen LogP contribution in [0.3, 0.4) is 0 Å². The van der Waals surface area contributed by atoms with Gasteiger partial charge in [-0.15, -0.1) is 0 Å². The van der Waals surface area contributed by atoms with Crippen LogP contribution >= 0.6 is 0 Å². The first-order valence-electron chi connectivity index (χ1n) is 6.69. The highest BCUT2D eigenvalue weighted by atomic mass is 16.3. The zero-order chi connectivity index (χ0) is 13.7. The SMILES string of the molecule is O=C1c2ccccc2C2(c3ccc(O)cc3)NCCN12. The second kappa shape index (κ2) is 3.84. The maximum atomic E-state index is 12.6. The topological polar surface area (TPSA) is 52.6 Å². The summed E-state index contributed by atoms with van der Waals surface area (Å²) in [6.07, 6.45) is 0. The molecular formula is C16H14N2O2. The molecule has 0 aromatic heterocycles. The zero-order valence-electron chi connectivity index (χ0n) is 10.8. The molecule has 0 saturated carbocycles. The lowest BCUT2D eigenvalue weighted by Gasteiger charge is -2.33. The molecule has 1 unspecified atom stereocenters. The third kappa shape index (κ3) is 1.26. The Morgan fingerprint density at radius 3 is 2.65 bits per heavy atom. The quantitative estimate of drug-likeness (QED) is 0.825. The Morgan fingerprint density at radius 1 is 1.10 bits per heavy atom. The normalized spacial score (nSPS) is 23.8. The number of rotatable bonds is 1. The molecule has 1 saturated heterocycles. The Labute approximate surface area is 116 Å². The molecule has 2 heterocycles. The molecule has 0 radical (unpaired) electrons. The molecule has 2 aliphatic heterocycles. The molecule has 2 aliphatic rings. The molecule has 4 rings (SSSR count). The van der Waals surface area contributed by atoms with Gasteiger partial charge in [0.05, 0.1) is 0 Å². The number of nitrogens with zero attached hydrogens (tertiary/aromatic N) is 1. The third-order valence-corrected chi connectivity index (χ3v) is 4.20. The van der Waals surface area contributed by atoms with E-state index >= 15 is 0 Å². The van der Waals surface area contributed by atoms with Gasteiger partial charge in [0, 0.05) is 24.2 Å². The Kier molecular flexibility index (Phi) is 2.20. The van der Waals surface area contributed by atoms with Crippen molar-refractivity contribution in [3.8, 4) is 5.75 Å². The Morgan fingerprint density at radius 2 is 1.85 bits per heavy atom. The molecule has 0 bridgehead atoms. The van der Waals surface area contributed by atoms with E-state index < -0.39 is 5.66 Å². The van der Waals surface area contributed by atoms with Gasteiger partial charge in [0.2, 0.25) is 0 Å². The molecule has 2 N–H and O–H groups in total. The molecule has 1 atom stereocenters. The summed E-state index contributed by atoms with van der Waals surface area (Å²) in [5.74, 6) is 0.297. The van der Waals surface area contributed by atoms with Crippen molar-refractivity contribution in [1.29, 1.82) is 0 Å². The van der Waals surface area contributed by atoms with Crippen molar-refractivity contribution in [2.24, 2.45) is 0 Å². The molecule has 2 aromatic rings. The fraction of sp³-hybridized carbons (Fsp3) is 0.188. The average Bonchev–Trinajstić information content (AvgIpc) is 3.01. The van der Waals surface area contributed by atoms with Crippen LogP contribution in [0, 0.1) is 0 Å². The fourth-order valence-electron chi connectivity index (χ4n) is 3.35. The van der Waals surface area contributed by atoms with Gasteiger partial charge in [0.1, 0.15) is 11.4 Å². The first-order valence-corrected chi connectivity index (χ1v) is 6.69. The summed E-state index contributed by atoms with van der Waals surface area (Å²) < 4.78 is 0. The van der Waals surface area contributed by atoms with Gasteiger partial charge in [0.25, 0.3) is 5.91 Å². The van der Waals surface area contributed by atoms with Gasteiger partial charge in [-0.3, -0.25) is 10.1 Å². The van der Waals surface area contributed by atoms with E-state index in [0.717, 1.165) is 23.2 Å². The fourth-order valence-corrected chi connectivity index (χ4v) is 3.35. The lowest BCUT2D eigenvalue weighted by atomic mass is 9.91. The van der Waals surface area contributed by atoms with Crippen molar-refractivity contribution in [3.05, 3.63) is 65.2 Å². The summed E-state index contributed by atoms with van der Waals surface area (Å²) in [7, 11) is 0. The first kappa shape index (κ1) is 11.5. The maximum Gasteiger partial charge on any atom is 0.256 e. The molecule has 100 valence electrons. The molecular weight excluding hydrogens is 252 g/mol. The maximum absolute atomic E-state index is 12.6. The number of benzene rings is 2. The van der Waals surface area contributed by atoms with Gasteiger partial charge >= 0.3 is 0 Å². The molecule has 1 fully saturated rings. The second-order valence-electron chi connectivity index (χ2n) is 5.19. The predicted octanol–water partition coefficient (Wildman–Crippen LogP) is 1.65. The van der Waals surface area contributed by atoms with Gasteiger partial charge in [-0.25, -0.2) is 0 Å². The van der Waals surface area contributed by atoms with E-state index in [1.54, 1.807) is 12.1 Å². The Bertz CT molecular complexity index is 696. The van der Waals surface area contributed by atoms with Crippen molar-refractivity contribution < 1.29 is 9.90 Å². The number of phenolic OH excluding ortho intramolecular Hbond substituents is 1. The van der Waals surface area contributed by atoms with E-state index in [1.807, 2.05) is 41.3 Å². The summed E-state index contributed by atoms with van der Waals surface area (Å²) in [6, 6.07) is 14.8. The van der Waals surface area contributed by atoms with Gasteiger partial charge in [0.15, 0.2) is 0 Å². The molecule has 4 heteroatoms.